The fourth-order valence-electron chi connectivity index (χ4n) is 4.25. The molecule has 0 saturated carbocycles. The number of hydrogen-bond acceptors (Lipinski definition) is 4. The van der Waals surface area contributed by atoms with Crippen LogP contribution in [0.2, 0.25) is 0 Å². The number of piperidine rings is 2. The highest BCUT2D eigenvalue weighted by Crippen LogP contribution is 2.22. The minimum atomic E-state index is -0.278. The monoisotopic (exact) mass is 391 g/mol. The summed E-state index contributed by atoms with van der Waals surface area (Å²) < 4.78 is 0. The fraction of sp³-hybridized carbons (Fsp3) is 0.714. The van der Waals surface area contributed by atoms with Crippen molar-refractivity contribution >= 4 is 23.2 Å². The van der Waals surface area contributed by atoms with E-state index in [1.54, 1.807) is 0 Å². The summed E-state index contributed by atoms with van der Waals surface area (Å²) in [7, 11) is 0. The number of carbonyl (C=O) groups excluding carboxylic acids is 2. The molecule has 1 aromatic heterocycles. The normalized spacial score (nSPS) is 24.2. The van der Waals surface area contributed by atoms with E-state index >= 15 is 0 Å². The number of amides is 2. The molecule has 3 heterocycles. The van der Waals surface area contributed by atoms with E-state index in [-0.39, 0.29) is 23.8 Å². The zero-order valence-electron chi connectivity index (χ0n) is 16.7. The number of hydrogen-bond donors (Lipinski definition) is 1. The molecular formula is C21H33N3O2S. The van der Waals surface area contributed by atoms with E-state index in [0.29, 0.717) is 12.5 Å². The Kier molecular flexibility index (Phi) is 7.30. The molecule has 2 amide bonds. The van der Waals surface area contributed by atoms with Gasteiger partial charge in [-0.3, -0.25) is 14.5 Å². The van der Waals surface area contributed by atoms with Gasteiger partial charge in [-0.2, -0.15) is 0 Å². The van der Waals surface area contributed by atoms with Gasteiger partial charge in [-0.1, -0.05) is 19.9 Å². The van der Waals surface area contributed by atoms with Crippen molar-refractivity contribution in [2.45, 2.75) is 58.5 Å². The Labute approximate surface area is 167 Å². The van der Waals surface area contributed by atoms with Crippen molar-refractivity contribution in [2.24, 2.45) is 11.8 Å². The second kappa shape index (κ2) is 9.69. The van der Waals surface area contributed by atoms with Crippen LogP contribution < -0.4 is 5.32 Å². The van der Waals surface area contributed by atoms with Crippen molar-refractivity contribution in [1.82, 2.24) is 15.1 Å². The number of carbonyl (C=O) groups is 2. The summed E-state index contributed by atoms with van der Waals surface area (Å²) >= 11 is 1.81. The summed E-state index contributed by atoms with van der Waals surface area (Å²) in [4.78, 5) is 31.0. The molecule has 0 spiro atoms. The smallest absolute Gasteiger partial charge is 0.242 e. The molecule has 2 atom stereocenters. The molecule has 2 fully saturated rings. The second-order valence-electron chi connectivity index (χ2n) is 8.27. The lowest BCUT2D eigenvalue weighted by molar-refractivity contribution is -0.144. The van der Waals surface area contributed by atoms with E-state index in [0.717, 1.165) is 45.4 Å². The van der Waals surface area contributed by atoms with E-state index in [1.807, 2.05) is 30.1 Å². The quantitative estimate of drug-likeness (QED) is 0.811. The van der Waals surface area contributed by atoms with Crippen LogP contribution in [-0.2, 0) is 16.1 Å². The molecule has 150 valence electrons. The average molecular weight is 392 g/mol. The fourth-order valence-corrected chi connectivity index (χ4v) is 4.99. The topological polar surface area (TPSA) is 52.7 Å². The lowest BCUT2D eigenvalue weighted by Crippen LogP contribution is -2.54. The number of likely N-dealkylation sites (tertiary alicyclic amines) is 2. The SMILES string of the molecule is CC(C)C(=O)N1CCCC[C@H]1C(=O)NC[C@@H]1CCCN(Cc2cccs2)C1. The molecule has 5 nitrogen and oxygen atoms in total. The first-order valence-corrected chi connectivity index (χ1v) is 11.3. The summed E-state index contributed by atoms with van der Waals surface area (Å²) in [5.41, 5.74) is 0. The Morgan fingerprint density at radius 2 is 2.07 bits per heavy atom. The van der Waals surface area contributed by atoms with Crippen molar-refractivity contribution < 1.29 is 9.59 Å². The van der Waals surface area contributed by atoms with Gasteiger partial charge in [0, 0.05) is 37.0 Å². The minimum absolute atomic E-state index is 0.0408. The van der Waals surface area contributed by atoms with E-state index in [1.165, 1.54) is 17.7 Å². The highest BCUT2D eigenvalue weighted by Gasteiger charge is 2.33. The minimum Gasteiger partial charge on any atom is -0.354 e. The molecule has 6 heteroatoms. The van der Waals surface area contributed by atoms with Crippen LogP contribution in [0, 0.1) is 11.8 Å². The molecule has 1 N–H and O–H groups in total. The molecule has 0 unspecified atom stereocenters. The van der Waals surface area contributed by atoms with Crippen molar-refractivity contribution in [3.63, 3.8) is 0 Å². The van der Waals surface area contributed by atoms with E-state index in [9.17, 15) is 9.59 Å². The maximum absolute atomic E-state index is 12.8. The number of rotatable bonds is 6. The lowest BCUT2D eigenvalue weighted by Gasteiger charge is -2.37. The highest BCUT2D eigenvalue weighted by atomic mass is 32.1. The van der Waals surface area contributed by atoms with Gasteiger partial charge >= 0.3 is 0 Å². The van der Waals surface area contributed by atoms with Gasteiger partial charge in [-0.15, -0.1) is 11.3 Å². The van der Waals surface area contributed by atoms with Crippen LogP contribution in [0.3, 0.4) is 0 Å². The van der Waals surface area contributed by atoms with Crippen molar-refractivity contribution in [1.29, 1.82) is 0 Å². The third-order valence-corrected chi connectivity index (χ3v) is 6.57. The van der Waals surface area contributed by atoms with Crippen LogP contribution in [0.25, 0.3) is 0 Å². The Morgan fingerprint density at radius 3 is 2.81 bits per heavy atom. The van der Waals surface area contributed by atoms with Crippen LogP contribution in [0.1, 0.15) is 50.8 Å². The maximum atomic E-state index is 12.8. The van der Waals surface area contributed by atoms with Crippen molar-refractivity contribution in [3.05, 3.63) is 22.4 Å². The van der Waals surface area contributed by atoms with Crippen LogP contribution in [-0.4, -0.2) is 53.8 Å². The molecule has 27 heavy (non-hydrogen) atoms. The van der Waals surface area contributed by atoms with Gasteiger partial charge in [0.1, 0.15) is 6.04 Å². The molecule has 2 saturated heterocycles. The third kappa shape index (κ3) is 5.55. The number of nitrogens with zero attached hydrogens (tertiary/aromatic N) is 2. The number of thiophene rings is 1. The Morgan fingerprint density at radius 1 is 1.22 bits per heavy atom. The van der Waals surface area contributed by atoms with E-state index < -0.39 is 0 Å². The van der Waals surface area contributed by atoms with Gasteiger partial charge in [0.15, 0.2) is 0 Å². The predicted molar refractivity (Wildman–Crippen MR) is 110 cm³/mol. The van der Waals surface area contributed by atoms with Crippen LogP contribution >= 0.6 is 11.3 Å². The summed E-state index contributed by atoms with van der Waals surface area (Å²) in [5, 5.41) is 5.30. The highest BCUT2D eigenvalue weighted by molar-refractivity contribution is 7.09. The van der Waals surface area contributed by atoms with Crippen LogP contribution in [0.4, 0.5) is 0 Å². The summed E-state index contributed by atoms with van der Waals surface area (Å²) in [6.45, 7) is 8.46. The molecular weight excluding hydrogens is 358 g/mol. The van der Waals surface area contributed by atoms with E-state index in [2.05, 4.69) is 27.7 Å². The zero-order valence-corrected chi connectivity index (χ0v) is 17.5. The molecule has 0 radical (unpaired) electrons. The second-order valence-corrected chi connectivity index (χ2v) is 9.30. The first-order valence-electron chi connectivity index (χ1n) is 10.4. The zero-order chi connectivity index (χ0) is 19.2. The number of nitrogens with one attached hydrogen (secondary N) is 1. The molecule has 0 bridgehead atoms. The van der Waals surface area contributed by atoms with Gasteiger partial charge in [-0.25, -0.2) is 0 Å². The van der Waals surface area contributed by atoms with Crippen LogP contribution in [0.5, 0.6) is 0 Å². The van der Waals surface area contributed by atoms with Gasteiger partial charge in [-0.05, 0) is 56.0 Å². The Bertz CT molecular complexity index is 617. The average Bonchev–Trinajstić information content (AvgIpc) is 3.18. The molecule has 1 aromatic rings. The van der Waals surface area contributed by atoms with Gasteiger partial charge in [0.25, 0.3) is 0 Å². The van der Waals surface area contributed by atoms with E-state index in [4.69, 9.17) is 0 Å². The Balaban J connectivity index is 1.49. The molecule has 0 aromatic carbocycles. The summed E-state index contributed by atoms with van der Waals surface area (Å²) in [5.74, 6) is 0.594. The lowest BCUT2D eigenvalue weighted by atomic mass is 9.96. The van der Waals surface area contributed by atoms with Gasteiger partial charge in [0.2, 0.25) is 11.8 Å². The first kappa shape index (κ1) is 20.3. The standard InChI is InChI=1S/C21H33N3O2S/c1-16(2)21(26)24-11-4-3-9-19(24)20(25)22-13-17-7-5-10-23(14-17)15-18-8-6-12-27-18/h6,8,12,16-17,19H,3-5,7,9-11,13-15H2,1-2H3,(H,22,25)/t17-,19-/m0/s1. The first-order chi connectivity index (χ1) is 13.0. The van der Waals surface area contributed by atoms with Crippen molar-refractivity contribution in [3.8, 4) is 0 Å². The predicted octanol–water partition coefficient (Wildman–Crippen LogP) is 3.11. The Hall–Kier alpha value is -1.40. The molecule has 2 aliphatic heterocycles. The third-order valence-electron chi connectivity index (χ3n) is 5.71. The maximum Gasteiger partial charge on any atom is 0.242 e. The summed E-state index contributed by atoms with van der Waals surface area (Å²) in [6.07, 6.45) is 5.17. The largest absolute Gasteiger partial charge is 0.354 e. The molecule has 3 rings (SSSR count). The van der Waals surface area contributed by atoms with Gasteiger partial charge < -0.3 is 10.2 Å². The van der Waals surface area contributed by atoms with Crippen LogP contribution in [0.15, 0.2) is 17.5 Å². The summed E-state index contributed by atoms with van der Waals surface area (Å²) in [6, 6.07) is 4.02. The molecule has 2 aliphatic rings. The van der Waals surface area contributed by atoms with Gasteiger partial charge in [0.05, 0.1) is 0 Å². The molecule has 0 aliphatic carbocycles. The van der Waals surface area contributed by atoms with Crippen molar-refractivity contribution in [2.75, 3.05) is 26.2 Å².